The van der Waals surface area contributed by atoms with Gasteiger partial charge in [0.25, 0.3) is 5.91 Å². The summed E-state index contributed by atoms with van der Waals surface area (Å²) in [6.07, 6.45) is -0.0513. The maximum absolute atomic E-state index is 13.1. The molecule has 0 fully saturated rings. The number of rotatable bonds is 7. The molecule has 3 aromatic carbocycles. The maximum Gasteiger partial charge on any atom is 0.307 e. The van der Waals surface area contributed by atoms with E-state index in [0.29, 0.717) is 39.6 Å². The van der Waals surface area contributed by atoms with Gasteiger partial charge in [-0.25, -0.2) is 0 Å². The van der Waals surface area contributed by atoms with Gasteiger partial charge in [0.05, 0.1) is 37.6 Å². The van der Waals surface area contributed by atoms with Gasteiger partial charge < -0.3 is 25.2 Å². The molecule has 7 heteroatoms. The highest BCUT2D eigenvalue weighted by molar-refractivity contribution is 6.37. The van der Waals surface area contributed by atoms with E-state index in [9.17, 15) is 9.59 Å². The van der Waals surface area contributed by atoms with E-state index in [2.05, 4.69) is 10.6 Å². The van der Waals surface area contributed by atoms with E-state index >= 15 is 0 Å². The van der Waals surface area contributed by atoms with Gasteiger partial charge in [0.2, 0.25) is 0 Å². The summed E-state index contributed by atoms with van der Waals surface area (Å²) in [5.41, 5.74) is 4.68. The Labute approximate surface area is 185 Å². The summed E-state index contributed by atoms with van der Waals surface area (Å²) in [5.74, 6) is -0.0905. The van der Waals surface area contributed by atoms with E-state index in [1.807, 2.05) is 30.3 Å². The number of carbonyl (C=O) groups excluding carboxylic acids is 1. The zero-order valence-electron chi connectivity index (χ0n) is 17.6. The van der Waals surface area contributed by atoms with Crippen molar-refractivity contribution in [3.63, 3.8) is 0 Å². The summed E-state index contributed by atoms with van der Waals surface area (Å²) in [5, 5.41) is 15.2. The summed E-state index contributed by atoms with van der Waals surface area (Å²) < 4.78 is 10.8. The van der Waals surface area contributed by atoms with Crippen LogP contribution in [0, 0.1) is 0 Å². The Balaban J connectivity index is 1.83. The first-order valence-electron chi connectivity index (χ1n) is 9.95. The van der Waals surface area contributed by atoms with Crippen LogP contribution in [0.25, 0.3) is 11.3 Å². The maximum atomic E-state index is 13.1. The van der Waals surface area contributed by atoms with Gasteiger partial charge in [0, 0.05) is 17.3 Å². The molecule has 0 radical (unpaired) electrons. The fourth-order valence-electron chi connectivity index (χ4n) is 3.65. The van der Waals surface area contributed by atoms with Crippen molar-refractivity contribution in [3.05, 3.63) is 83.4 Å². The van der Waals surface area contributed by atoms with Crippen molar-refractivity contribution >= 4 is 34.5 Å². The number of hydrogen-bond donors (Lipinski definition) is 3. The van der Waals surface area contributed by atoms with Crippen molar-refractivity contribution in [2.24, 2.45) is 0 Å². The van der Waals surface area contributed by atoms with Gasteiger partial charge in [-0.15, -0.1) is 0 Å². The summed E-state index contributed by atoms with van der Waals surface area (Å²) in [6.45, 7) is 0. The normalized spacial score (nSPS) is 13.8. The molecule has 3 aromatic rings. The molecule has 0 saturated carbocycles. The van der Waals surface area contributed by atoms with Crippen molar-refractivity contribution in [2.45, 2.75) is 6.42 Å². The summed E-state index contributed by atoms with van der Waals surface area (Å²) in [7, 11) is 3.09. The molecule has 0 aromatic heterocycles. The minimum absolute atomic E-state index is 0.0513. The van der Waals surface area contributed by atoms with Gasteiger partial charge in [0.15, 0.2) is 11.5 Å². The molecule has 7 nitrogen and oxygen atoms in total. The molecule has 0 saturated heterocycles. The Hall–Kier alpha value is -4.26. The number of carboxylic acid groups (broad SMARTS) is 1. The molecule has 1 aliphatic heterocycles. The standard InChI is InChI=1S/C25H22N2O5/c1-31-20-13-18-19(14-21(20)32-2)27-25(30)23(18)24(16-6-4-3-5-7-16)26-17-10-8-15(9-11-17)12-22(28)29/h3-11,13-14,26H,12H2,1-2H3,(H,27,30)(H,28,29)/b24-23-. The first-order valence-corrected chi connectivity index (χ1v) is 9.95. The minimum atomic E-state index is -0.888. The fourth-order valence-corrected chi connectivity index (χ4v) is 3.65. The van der Waals surface area contributed by atoms with Crippen LogP contribution in [0.15, 0.2) is 66.7 Å². The third kappa shape index (κ3) is 4.13. The number of methoxy groups -OCH3 is 2. The molecule has 32 heavy (non-hydrogen) atoms. The highest BCUT2D eigenvalue weighted by Crippen LogP contribution is 2.43. The van der Waals surface area contributed by atoms with Gasteiger partial charge in [0.1, 0.15) is 0 Å². The highest BCUT2D eigenvalue weighted by Gasteiger charge is 2.30. The van der Waals surface area contributed by atoms with Gasteiger partial charge in [-0.1, -0.05) is 42.5 Å². The van der Waals surface area contributed by atoms with Crippen LogP contribution >= 0.6 is 0 Å². The van der Waals surface area contributed by atoms with E-state index in [4.69, 9.17) is 14.6 Å². The molecular weight excluding hydrogens is 408 g/mol. The van der Waals surface area contributed by atoms with Crippen LogP contribution in [0.2, 0.25) is 0 Å². The SMILES string of the molecule is COc1cc2c(cc1OC)/C(=C(/Nc1ccc(CC(=O)O)cc1)c1ccccc1)C(=O)N2. The first kappa shape index (κ1) is 21.0. The Morgan fingerprint density at radius 1 is 0.969 bits per heavy atom. The van der Waals surface area contributed by atoms with Gasteiger partial charge in [-0.05, 0) is 29.3 Å². The quantitative estimate of drug-likeness (QED) is 0.485. The van der Waals surface area contributed by atoms with Crippen LogP contribution in [-0.2, 0) is 16.0 Å². The second-order valence-electron chi connectivity index (χ2n) is 7.22. The van der Waals surface area contributed by atoms with E-state index in [-0.39, 0.29) is 12.3 Å². The molecule has 1 amide bonds. The number of aliphatic carboxylic acids is 1. The Morgan fingerprint density at radius 3 is 2.25 bits per heavy atom. The number of ether oxygens (including phenoxy) is 2. The lowest BCUT2D eigenvalue weighted by Crippen LogP contribution is -2.10. The highest BCUT2D eigenvalue weighted by atomic mass is 16.5. The summed E-state index contributed by atoms with van der Waals surface area (Å²) >= 11 is 0. The average molecular weight is 430 g/mol. The molecular formula is C25H22N2O5. The average Bonchev–Trinajstić information content (AvgIpc) is 3.12. The predicted octanol–water partition coefficient (Wildman–Crippen LogP) is 4.26. The van der Waals surface area contributed by atoms with E-state index < -0.39 is 5.97 Å². The second kappa shape index (κ2) is 8.85. The van der Waals surface area contributed by atoms with Gasteiger partial charge in [-0.3, -0.25) is 9.59 Å². The van der Waals surface area contributed by atoms with Crippen molar-refractivity contribution < 1.29 is 24.2 Å². The predicted molar refractivity (Wildman–Crippen MR) is 123 cm³/mol. The molecule has 1 aliphatic rings. The Kier molecular flexibility index (Phi) is 5.81. The number of anilines is 2. The molecule has 3 N–H and O–H groups in total. The van der Waals surface area contributed by atoms with Crippen LogP contribution in [0.5, 0.6) is 11.5 Å². The van der Waals surface area contributed by atoms with Crippen molar-refractivity contribution in [2.75, 3.05) is 24.9 Å². The molecule has 0 aliphatic carbocycles. The van der Waals surface area contributed by atoms with Crippen LogP contribution in [0.1, 0.15) is 16.7 Å². The molecule has 0 unspecified atom stereocenters. The zero-order valence-corrected chi connectivity index (χ0v) is 17.6. The molecule has 1 heterocycles. The van der Waals surface area contributed by atoms with Gasteiger partial charge >= 0.3 is 5.97 Å². The topological polar surface area (TPSA) is 96.9 Å². The van der Waals surface area contributed by atoms with Crippen molar-refractivity contribution in [3.8, 4) is 11.5 Å². The third-order valence-electron chi connectivity index (χ3n) is 5.16. The monoisotopic (exact) mass is 430 g/mol. The molecule has 0 spiro atoms. The fraction of sp³-hybridized carbons (Fsp3) is 0.120. The lowest BCUT2D eigenvalue weighted by Gasteiger charge is -2.16. The molecule has 162 valence electrons. The van der Waals surface area contributed by atoms with E-state index in [0.717, 1.165) is 11.3 Å². The lowest BCUT2D eigenvalue weighted by molar-refractivity contribution is -0.136. The lowest BCUT2D eigenvalue weighted by atomic mass is 9.99. The van der Waals surface area contributed by atoms with Gasteiger partial charge in [-0.2, -0.15) is 0 Å². The number of fused-ring (bicyclic) bond motifs is 1. The Morgan fingerprint density at radius 2 is 1.62 bits per heavy atom. The van der Waals surface area contributed by atoms with E-state index in [1.165, 1.54) is 0 Å². The first-order chi connectivity index (χ1) is 15.5. The number of carboxylic acids is 1. The number of hydrogen-bond acceptors (Lipinski definition) is 5. The molecule has 0 atom stereocenters. The van der Waals surface area contributed by atoms with Crippen molar-refractivity contribution in [1.82, 2.24) is 0 Å². The Bertz CT molecular complexity index is 1200. The van der Waals surface area contributed by atoms with Crippen LogP contribution in [0.4, 0.5) is 11.4 Å². The summed E-state index contributed by atoms with van der Waals surface area (Å²) in [4.78, 5) is 24.0. The number of amides is 1. The number of benzene rings is 3. The largest absolute Gasteiger partial charge is 0.493 e. The minimum Gasteiger partial charge on any atom is -0.493 e. The van der Waals surface area contributed by atoms with Crippen molar-refractivity contribution in [1.29, 1.82) is 0 Å². The van der Waals surface area contributed by atoms with E-state index in [1.54, 1.807) is 50.6 Å². The third-order valence-corrected chi connectivity index (χ3v) is 5.16. The number of nitrogens with one attached hydrogen (secondary N) is 2. The molecule has 0 bridgehead atoms. The second-order valence-corrected chi connectivity index (χ2v) is 7.22. The number of carbonyl (C=O) groups is 2. The van der Waals surface area contributed by atoms with Crippen LogP contribution in [-0.4, -0.2) is 31.2 Å². The molecule has 4 rings (SSSR count). The smallest absolute Gasteiger partial charge is 0.307 e. The zero-order chi connectivity index (χ0) is 22.7. The van der Waals surface area contributed by atoms with Crippen LogP contribution < -0.4 is 20.1 Å². The van der Waals surface area contributed by atoms with Crippen LogP contribution in [0.3, 0.4) is 0 Å². The summed E-state index contributed by atoms with van der Waals surface area (Å²) in [6, 6.07) is 20.1.